The largest absolute Gasteiger partial charge is 0.493 e. The Hall–Kier alpha value is -3.06. The van der Waals surface area contributed by atoms with Crippen LogP contribution in [0, 0.1) is 5.92 Å². The standard InChI is InChI=1S/C25H29ClN2O5/c1-32-24(30)16-22(18-9-11-20(26)12-10-18)27-25(31)19-6-5-14-28(17-19)23(29)13-15-33-21-7-3-2-4-8-21/h2-4,7-12,19,22H,5-6,13-17H2,1H3,(H,27,31). The predicted octanol–water partition coefficient (Wildman–Crippen LogP) is 3.77. The number of hydrogen-bond donors (Lipinski definition) is 1. The van der Waals surface area contributed by atoms with Crippen molar-refractivity contribution >= 4 is 29.4 Å². The van der Waals surface area contributed by atoms with E-state index in [4.69, 9.17) is 21.1 Å². The van der Waals surface area contributed by atoms with Crippen molar-refractivity contribution < 1.29 is 23.9 Å². The number of carbonyl (C=O) groups is 3. The second-order valence-electron chi connectivity index (χ2n) is 7.98. The lowest BCUT2D eigenvalue weighted by Crippen LogP contribution is -2.46. The molecule has 2 aromatic carbocycles. The smallest absolute Gasteiger partial charge is 0.307 e. The van der Waals surface area contributed by atoms with Crippen LogP contribution in [0.25, 0.3) is 0 Å². The molecular formula is C25H29ClN2O5. The summed E-state index contributed by atoms with van der Waals surface area (Å²) in [6, 6.07) is 15.8. The van der Waals surface area contributed by atoms with Gasteiger partial charge in [0.2, 0.25) is 11.8 Å². The van der Waals surface area contributed by atoms with Gasteiger partial charge in [-0.15, -0.1) is 0 Å². The van der Waals surface area contributed by atoms with E-state index in [0.29, 0.717) is 24.5 Å². The van der Waals surface area contributed by atoms with Crippen LogP contribution >= 0.6 is 11.6 Å². The number of ether oxygens (including phenoxy) is 2. The number of halogens is 1. The molecule has 1 heterocycles. The Morgan fingerprint density at radius 2 is 1.85 bits per heavy atom. The zero-order valence-electron chi connectivity index (χ0n) is 18.7. The van der Waals surface area contributed by atoms with Crippen molar-refractivity contribution in [1.29, 1.82) is 0 Å². The number of para-hydroxylation sites is 1. The third kappa shape index (κ3) is 7.49. The summed E-state index contributed by atoms with van der Waals surface area (Å²) in [5.74, 6) is -0.261. The average Bonchev–Trinajstić information content (AvgIpc) is 2.84. The Labute approximate surface area is 199 Å². The second-order valence-corrected chi connectivity index (χ2v) is 8.42. The van der Waals surface area contributed by atoms with Gasteiger partial charge < -0.3 is 19.7 Å². The Bertz CT molecular complexity index is 936. The molecule has 2 aromatic rings. The zero-order valence-corrected chi connectivity index (χ0v) is 19.4. The highest BCUT2D eigenvalue weighted by Crippen LogP contribution is 2.23. The summed E-state index contributed by atoms with van der Waals surface area (Å²) in [5, 5.41) is 3.54. The summed E-state index contributed by atoms with van der Waals surface area (Å²) in [6.07, 6.45) is 1.68. The van der Waals surface area contributed by atoms with Gasteiger partial charge in [-0.05, 0) is 42.7 Å². The fraction of sp³-hybridized carbons (Fsp3) is 0.400. The van der Waals surface area contributed by atoms with E-state index in [1.165, 1.54) is 7.11 Å². The third-order valence-electron chi connectivity index (χ3n) is 5.66. The van der Waals surface area contributed by atoms with Crippen LogP contribution < -0.4 is 10.1 Å². The van der Waals surface area contributed by atoms with Gasteiger partial charge in [-0.25, -0.2) is 0 Å². The number of methoxy groups -OCH3 is 1. The molecule has 3 rings (SSSR count). The van der Waals surface area contributed by atoms with Gasteiger partial charge in [-0.2, -0.15) is 0 Å². The van der Waals surface area contributed by atoms with E-state index in [-0.39, 0.29) is 37.2 Å². The maximum atomic E-state index is 13.0. The number of esters is 1. The van der Waals surface area contributed by atoms with E-state index in [9.17, 15) is 14.4 Å². The first-order valence-corrected chi connectivity index (χ1v) is 11.4. The van der Waals surface area contributed by atoms with Gasteiger partial charge in [0, 0.05) is 18.1 Å². The van der Waals surface area contributed by atoms with E-state index in [1.807, 2.05) is 30.3 Å². The Morgan fingerprint density at radius 1 is 1.12 bits per heavy atom. The number of nitrogens with zero attached hydrogens (tertiary/aromatic N) is 1. The molecule has 0 aliphatic carbocycles. The number of rotatable bonds is 9. The van der Waals surface area contributed by atoms with E-state index >= 15 is 0 Å². The molecule has 2 unspecified atom stereocenters. The number of amides is 2. The highest BCUT2D eigenvalue weighted by molar-refractivity contribution is 6.30. The van der Waals surface area contributed by atoms with Gasteiger partial charge in [0.15, 0.2) is 0 Å². The SMILES string of the molecule is COC(=O)CC(NC(=O)C1CCCN(C(=O)CCOc2ccccc2)C1)c1ccc(Cl)cc1. The van der Waals surface area contributed by atoms with E-state index in [0.717, 1.165) is 17.7 Å². The molecule has 7 nitrogen and oxygen atoms in total. The van der Waals surface area contributed by atoms with E-state index < -0.39 is 12.0 Å². The molecule has 0 saturated carbocycles. The van der Waals surface area contributed by atoms with Crippen molar-refractivity contribution in [3.63, 3.8) is 0 Å². The normalized spacial score (nSPS) is 16.5. The first-order chi connectivity index (χ1) is 16.0. The minimum Gasteiger partial charge on any atom is -0.493 e. The molecule has 1 aliphatic rings. The predicted molar refractivity (Wildman–Crippen MR) is 125 cm³/mol. The fourth-order valence-electron chi connectivity index (χ4n) is 3.84. The number of benzene rings is 2. The van der Waals surface area contributed by atoms with Crippen LogP contribution in [-0.2, 0) is 19.1 Å². The van der Waals surface area contributed by atoms with E-state index in [1.54, 1.807) is 29.2 Å². The molecule has 176 valence electrons. The van der Waals surface area contributed by atoms with Crippen molar-refractivity contribution in [1.82, 2.24) is 10.2 Å². The minimum absolute atomic E-state index is 0.00998. The second kappa shape index (κ2) is 12.3. The number of likely N-dealkylation sites (tertiary alicyclic amines) is 1. The molecule has 0 spiro atoms. The molecular weight excluding hydrogens is 444 g/mol. The lowest BCUT2D eigenvalue weighted by molar-refractivity contribution is -0.141. The van der Waals surface area contributed by atoms with Gasteiger partial charge in [0.05, 0.1) is 38.5 Å². The van der Waals surface area contributed by atoms with Crippen LogP contribution in [-0.4, -0.2) is 49.5 Å². The summed E-state index contributed by atoms with van der Waals surface area (Å²) in [4.78, 5) is 39.3. The maximum absolute atomic E-state index is 13.0. The zero-order chi connectivity index (χ0) is 23.6. The van der Waals surface area contributed by atoms with Crippen molar-refractivity contribution in [2.24, 2.45) is 5.92 Å². The van der Waals surface area contributed by atoms with Crippen LogP contribution in [0.3, 0.4) is 0 Å². The molecule has 2 atom stereocenters. The maximum Gasteiger partial charge on any atom is 0.307 e. The van der Waals surface area contributed by atoms with Gasteiger partial charge in [0.1, 0.15) is 5.75 Å². The van der Waals surface area contributed by atoms with Crippen molar-refractivity contribution in [3.8, 4) is 5.75 Å². The average molecular weight is 473 g/mol. The number of nitrogens with one attached hydrogen (secondary N) is 1. The van der Waals surface area contributed by atoms with Crippen molar-refractivity contribution in [2.45, 2.75) is 31.7 Å². The first-order valence-electron chi connectivity index (χ1n) is 11.0. The lowest BCUT2D eigenvalue weighted by atomic mass is 9.95. The minimum atomic E-state index is -0.535. The molecule has 1 saturated heterocycles. The molecule has 8 heteroatoms. The topological polar surface area (TPSA) is 84.9 Å². The van der Waals surface area contributed by atoms with Crippen LogP contribution in [0.5, 0.6) is 5.75 Å². The van der Waals surface area contributed by atoms with Crippen molar-refractivity contribution in [3.05, 3.63) is 65.2 Å². The molecule has 0 radical (unpaired) electrons. The van der Waals surface area contributed by atoms with Crippen molar-refractivity contribution in [2.75, 3.05) is 26.8 Å². The third-order valence-corrected chi connectivity index (χ3v) is 5.91. The first kappa shape index (κ1) is 24.6. The number of carbonyl (C=O) groups excluding carboxylic acids is 3. The summed E-state index contributed by atoms with van der Waals surface area (Å²) < 4.78 is 10.4. The summed E-state index contributed by atoms with van der Waals surface area (Å²) in [5.41, 5.74) is 0.764. The molecule has 0 aromatic heterocycles. The molecule has 2 amide bonds. The lowest BCUT2D eigenvalue weighted by Gasteiger charge is -2.33. The van der Waals surface area contributed by atoms with E-state index in [2.05, 4.69) is 5.32 Å². The summed E-state index contributed by atoms with van der Waals surface area (Å²) in [7, 11) is 1.31. The Balaban J connectivity index is 1.55. The fourth-order valence-corrected chi connectivity index (χ4v) is 3.96. The molecule has 1 N–H and O–H groups in total. The van der Waals surface area contributed by atoms with Crippen LogP contribution in [0.2, 0.25) is 5.02 Å². The van der Waals surface area contributed by atoms with Gasteiger partial charge in [0.25, 0.3) is 0 Å². The Morgan fingerprint density at radius 3 is 2.55 bits per heavy atom. The molecule has 0 bridgehead atoms. The van der Waals surface area contributed by atoms with Gasteiger partial charge in [-0.1, -0.05) is 41.9 Å². The quantitative estimate of drug-likeness (QED) is 0.561. The van der Waals surface area contributed by atoms with Crippen LogP contribution in [0.15, 0.2) is 54.6 Å². The Kier molecular flexibility index (Phi) is 9.13. The summed E-state index contributed by atoms with van der Waals surface area (Å²) in [6.45, 7) is 1.26. The number of piperidine rings is 1. The number of hydrogen-bond acceptors (Lipinski definition) is 5. The molecule has 33 heavy (non-hydrogen) atoms. The van der Waals surface area contributed by atoms with Crippen LogP contribution in [0.4, 0.5) is 0 Å². The van der Waals surface area contributed by atoms with Gasteiger partial charge in [-0.3, -0.25) is 14.4 Å². The molecule has 1 fully saturated rings. The van der Waals surface area contributed by atoms with Crippen LogP contribution in [0.1, 0.15) is 37.3 Å². The monoisotopic (exact) mass is 472 g/mol. The highest BCUT2D eigenvalue weighted by atomic mass is 35.5. The summed E-state index contributed by atoms with van der Waals surface area (Å²) >= 11 is 5.97. The highest BCUT2D eigenvalue weighted by Gasteiger charge is 2.30. The van der Waals surface area contributed by atoms with Gasteiger partial charge >= 0.3 is 5.97 Å². The molecule has 1 aliphatic heterocycles.